The molecule has 26 heavy (non-hydrogen) atoms. The molecule has 6 nitrogen and oxygen atoms in total. The Morgan fingerprint density at radius 1 is 1.00 bits per heavy atom. The molecule has 144 valence electrons. The van der Waals surface area contributed by atoms with Gasteiger partial charge in [0.05, 0.1) is 38.3 Å². The lowest BCUT2D eigenvalue weighted by Gasteiger charge is -2.21. The molecule has 0 atom stereocenters. The summed E-state index contributed by atoms with van der Waals surface area (Å²) in [4.78, 5) is 3.67. The van der Waals surface area contributed by atoms with Gasteiger partial charge in [0.2, 0.25) is 0 Å². The fraction of sp³-hybridized carbons (Fsp3) is 0.438. The van der Waals surface area contributed by atoms with Crippen molar-refractivity contribution in [3.63, 3.8) is 0 Å². The minimum Gasteiger partial charge on any atom is -0.493 e. The normalized spacial score (nSPS) is 12.4. The standard InChI is InChI=1S/C16H19F3NO5P/c1-5-24-26(21,25-6-2)14-8-10-7-12(22-3)13(23-4)9-11(10)20-15(14)16(17,18)19/h7-9H,5-6H2,1-4H3. The van der Waals surface area contributed by atoms with E-state index < -0.39 is 24.8 Å². The first kappa shape index (κ1) is 20.5. The first-order valence-electron chi connectivity index (χ1n) is 7.73. The first-order chi connectivity index (χ1) is 12.2. The maximum Gasteiger partial charge on any atom is 0.434 e. The third kappa shape index (κ3) is 3.95. The number of rotatable bonds is 7. The summed E-state index contributed by atoms with van der Waals surface area (Å²) in [6.45, 7) is 2.86. The number of hydrogen-bond donors (Lipinski definition) is 0. The Labute approximate surface area is 148 Å². The zero-order valence-corrected chi connectivity index (χ0v) is 15.6. The first-order valence-corrected chi connectivity index (χ1v) is 9.28. The van der Waals surface area contributed by atoms with Gasteiger partial charge in [-0.3, -0.25) is 4.57 Å². The predicted octanol–water partition coefficient (Wildman–Crippen LogP) is 4.16. The molecule has 0 radical (unpaired) electrons. The van der Waals surface area contributed by atoms with E-state index in [2.05, 4.69) is 4.98 Å². The number of aromatic nitrogens is 1. The molecule has 0 saturated heterocycles. The van der Waals surface area contributed by atoms with Crippen LogP contribution < -0.4 is 14.8 Å². The zero-order chi connectivity index (χ0) is 19.5. The van der Waals surface area contributed by atoms with Crippen LogP contribution in [0.2, 0.25) is 0 Å². The summed E-state index contributed by atoms with van der Waals surface area (Å²) in [5.74, 6) is 0.529. The van der Waals surface area contributed by atoms with Crippen LogP contribution in [-0.2, 0) is 19.8 Å². The van der Waals surface area contributed by atoms with E-state index in [1.165, 1.54) is 40.2 Å². The minimum absolute atomic E-state index is 0.0123. The molecule has 0 amide bonds. The van der Waals surface area contributed by atoms with E-state index in [4.69, 9.17) is 18.5 Å². The number of alkyl halides is 3. The van der Waals surface area contributed by atoms with Crippen molar-refractivity contribution < 1.29 is 36.3 Å². The molecule has 0 N–H and O–H groups in total. The second-order valence-corrected chi connectivity index (χ2v) is 7.08. The highest BCUT2D eigenvalue weighted by molar-refractivity contribution is 7.62. The molecule has 10 heteroatoms. The van der Waals surface area contributed by atoms with Crippen LogP contribution in [0.4, 0.5) is 13.2 Å². The molecule has 1 aromatic carbocycles. The second-order valence-electron chi connectivity index (χ2n) is 5.09. The lowest BCUT2D eigenvalue weighted by atomic mass is 10.1. The third-order valence-electron chi connectivity index (χ3n) is 3.46. The van der Waals surface area contributed by atoms with Crippen molar-refractivity contribution in [1.82, 2.24) is 4.98 Å². The summed E-state index contributed by atoms with van der Waals surface area (Å²) in [6.07, 6.45) is -4.85. The minimum atomic E-state index is -4.85. The van der Waals surface area contributed by atoms with Gasteiger partial charge in [-0.25, -0.2) is 4.98 Å². The largest absolute Gasteiger partial charge is 0.493 e. The number of hydrogen-bond acceptors (Lipinski definition) is 6. The van der Waals surface area contributed by atoms with Gasteiger partial charge in [0.15, 0.2) is 17.2 Å². The third-order valence-corrected chi connectivity index (χ3v) is 5.59. The summed E-state index contributed by atoms with van der Waals surface area (Å²) in [5.41, 5.74) is -1.30. The Bertz CT molecular complexity index is 831. The van der Waals surface area contributed by atoms with Crippen molar-refractivity contribution in [2.45, 2.75) is 20.0 Å². The molecule has 0 spiro atoms. The highest BCUT2D eigenvalue weighted by Gasteiger charge is 2.43. The van der Waals surface area contributed by atoms with Crippen molar-refractivity contribution in [1.29, 1.82) is 0 Å². The highest BCUT2D eigenvalue weighted by atomic mass is 31.2. The number of halogens is 3. The maximum absolute atomic E-state index is 13.6. The SMILES string of the molecule is CCOP(=O)(OCC)c1cc2cc(OC)c(OC)cc2nc1C(F)(F)F. The summed E-state index contributed by atoms with van der Waals surface area (Å²) in [5, 5.41) is -0.348. The number of pyridine rings is 1. The van der Waals surface area contributed by atoms with Gasteiger partial charge >= 0.3 is 13.8 Å². The summed E-state index contributed by atoms with van der Waals surface area (Å²) < 4.78 is 74.1. The Morgan fingerprint density at radius 2 is 1.54 bits per heavy atom. The van der Waals surface area contributed by atoms with Crippen LogP contribution >= 0.6 is 7.60 Å². The molecule has 0 unspecified atom stereocenters. The van der Waals surface area contributed by atoms with E-state index >= 15 is 0 Å². The average molecular weight is 393 g/mol. The van der Waals surface area contributed by atoms with Crippen LogP contribution in [0.3, 0.4) is 0 Å². The fourth-order valence-electron chi connectivity index (χ4n) is 2.42. The second kappa shape index (κ2) is 7.82. The van der Waals surface area contributed by atoms with Crippen LogP contribution in [0, 0.1) is 0 Å². The van der Waals surface area contributed by atoms with E-state index in [1.807, 2.05) is 0 Å². The number of nitrogens with zero attached hydrogens (tertiary/aromatic N) is 1. The van der Waals surface area contributed by atoms with Gasteiger partial charge in [-0.1, -0.05) is 0 Å². The van der Waals surface area contributed by atoms with Gasteiger partial charge in [-0.15, -0.1) is 0 Å². The molecular weight excluding hydrogens is 374 g/mol. The molecule has 0 saturated carbocycles. The topological polar surface area (TPSA) is 66.9 Å². The van der Waals surface area contributed by atoms with E-state index in [1.54, 1.807) is 0 Å². The van der Waals surface area contributed by atoms with Crippen LogP contribution in [0.15, 0.2) is 18.2 Å². The van der Waals surface area contributed by atoms with Gasteiger partial charge in [0.1, 0.15) is 0 Å². The van der Waals surface area contributed by atoms with Crippen molar-refractivity contribution in [3.8, 4) is 11.5 Å². The lowest BCUT2D eigenvalue weighted by Crippen LogP contribution is -2.24. The van der Waals surface area contributed by atoms with Crippen molar-refractivity contribution >= 4 is 23.8 Å². The zero-order valence-electron chi connectivity index (χ0n) is 14.7. The molecule has 0 aliphatic rings. The molecule has 0 aliphatic carbocycles. The van der Waals surface area contributed by atoms with Crippen LogP contribution in [-0.4, -0.2) is 32.4 Å². The van der Waals surface area contributed by atoms with Crippen molar-refractivity contribution in [2.24, 2.45) is 0 Å². The van der Waals surface area contributed by atoms with E-state index in [0.717, 1.165) is 6.07 Å². The Kier molecular flexibility index (Phi) is 6.16. The molecule has 2 rings (SSSR count). The molecule has 0 bridgehead atoms. The smallest absolute Gasteiger partial charge is 0.434 e. The molecule has 0 aliphatic heterocycles. The molecule has 1 aromatic heterocycles. The number of ether oxygens (including phenoxy) is 2. The summed E-state index contributed by atoms with van der Waals surface area (Å²) in [6, 6.07) is 3.88. The Balaban J connectivity index is 2.84. The Morgan fingerprint density at radius 3 is 2.00 bits per heavy atom. The van der Waals surface area contributed by atoms with Gasteiger partial charge in [-0.05, 0) is 26.0 Å². The fourth-order valence-corrected chi connectivity index (χ4v) is 4.19. The van der Waals surface area contributed by atoms with Gasteiger partial charge in [0.25, 0.3) is 0 Å². The van der Waals surface area contributed by atoms with E-state index in [0.29, 0.717) is 5.75 Å². The summed E-state index contributed by atoms with van der Waals surface area (Å²) in [7, 11) is -1.45. The lowest BCUT2D eigenvalue weighted by molar-refractivity contribution is -0.140. The number of methoxy groups -OCH3 is 2. The van der Waals surface area contributed by atoms with E-state index in [9.17, 15) is 17.7 Å². The van der Waals surface area contributed by atoms with E-state index in [-0.39, 0.29) is 29.9 Å². The van der Waals surface area contributed by atoms with Gasteiger partial charge < -0.3 is 18.5 Å². The quantitative estimate of drug-likeness (QED) is 0.658. The molecule has 0 fully saturated rings. The van der Waals surface area contributed by atoms with Crippen LogP contribution in [0.25, 0.3) is 10.9 Å². The van der Waals surface area contributed by atoms with Crippen molar-refractivity contribution in [3.05, 3.63) is 23.9 Å². The monoisotopic (exact) mass is 393 g/mol. The van der Waals surface area contributed by atoms with Gasteiger partial charge in [0, 0.05) is 11.5 Å². The summed E-state index contributed by atoms with van der Waals surface area (Å²) >= 11 is 0. The highest BCUT2D eigenvalue weighted by Crippen LogP contribution is 2.50. The predicted molar refractivity (Wildman–Crippen MR) is 90.3 cm³/mol. The number of benzene rings is 1. The Hall–Kier alpha value is -1.83. The molecular formula is C16H19F3NO5P. The molecule has 1 heterocycles. The molecule has 2 aromatic rings. The maximum atomic E-state index is 13.6. The van der Waals surface area contributed by atoms with Crippen molar-refractivity contribution in [2.75, 3.05) is 27.4 Å². The average Bonchev–Trinajstić information content (AvgIpc) is 2.58. The number of fused-ring (bicyclic) bond motifs is 1. The van der Waals surface area contributed by atoms with Crippen LogP contribution in [0.1, 0.15) is 19.5 Å². The van der Waals surface area contributed by atoms with Gasteiger partial charge in [-0.2, -0.15) is 13.2 Å². The van der Waals surface area contributed by atoms with Crippen LogP contribution in [0.5, 0.6) is 11.5 Å².